The molecule has 0 saturated carbocycles. The molecule has 2 rings (SSSR count). The van der Waals surface area contributed by atoms with Crippen molar-refractivity contribution in [1.29, 1.82) is 5.26 Å². The molecule has 1 N–H and O–H groups in total. The first-order valence-electron chi connectivity index (χ1n) is 4.98. The van der Waals surface area contributed by atoms with Crippen LogP contribution in [0.1, 0.15) is 35.1 Å². The van der Waals surface area contributed by atoms with Crippen LogP contribution in [-0.4, -0.2) is 5.11 Å². The van der Waals surface area contributed by atoms with E-state index in [9.17, 15) is 5.11 Å². The number of nitrogens with zero attached hydrogens (tertiary/aromatic N) is 1. The number of nitriles is 1. The van der Waals surface area contributed by atoms with Gasteiger partial charge in [0.2, 0.25) is 0 Å². The van der Waals surface area contributed by atoms with Gasteiger partial charge in [0.25, 0.3) is 0 Å². The number of phenolic OH excluding ortho intramolecular Hbond substituents is 1. The molecule has 2 nitrogen and oxygen atoms in total. The number of hydrogen-bond donors (Lipinski definition) is 1. The third kappa shape index (κ3) is 1.26. The molecule has 1 aliphatic carbocycles. The summed E-state index contributed by atoms with van der Waals surface area (Å²) in [4.78, 5) is 0. The molecule has 0 radical (unpaired) electrons. The second-order valence-corrected chi connectivity index (χ2v) is 3.86. The fourth-order valence-electron chi connectivity index (χ4n) is 2.26. The summed E-state index contributed by atoms with van der Waals surface area (Å²) in [5, 5.41) is 18.6. The molecule has 1 aliphatic rings. The molecule has 1 aromatic rings. The largest absolute Gasteiger partial charge is 0.507 e. The Kier molecular flexibility index (Phi) is 2.17. The Hall–Kier alpha value is -1.49. The summed E-state index contributed by atoms with van der Waals surface area (Å²) in [5.74, 6) is 0.144. The second kappa shape index (κ2) is 3.34. The zero-order valence-electron chi connectivity index (χ0n) is 8.30. The van der Waals surface area contributed by atoms with Gasteiger partial charge in [0.05, 0.1) is 5.56 Å². The van der Waals surface area contributed by atoms with Gasteiger partial charge in [-0.15, -0.1) is 0 Å². The van der Waals surface area contributed by atoms with Crippen molar-refractivity contribution in [3.63, 3.8) is 0 Å². The van der Waals surface area contributed by atoms with E-state index in [1.54, 1.807) is 6.07 Å². The standard InChI is InChI=1S/C12H13NO/c1-8-6-12(14)11(7-13)10-5-3-2-4-9(8)10/h6,14H,2-5H2,1H3. The number of aromatic hydroxyl groups is 1. The summed E-state index contributed by atoms with van der Waals surface area (Å²) < 4.78 is 0. The first-order chi connectivity index (χ1) is 6.74. The lowest BCUT2D eigenvalue weighted by Gasteiger charge is -2.19. The molecule has 1 aromatic carbocycles. The Morgan fingerprint density at radius 2 is 1.93 bits per heavy atom. The van der Waals surface area contributed by atoms with Gasteiger partial charge in [-0.05, 0) is 55.4 Å². The molecule has 0 unspecified atom stereocenters. The molecule has 0 spiro atoms. The number of hydrogen-bond acceptors (Lipinski definition) is 2. The Bertz CT molecular complexity index is 415. The third-order valence-electron chi connectivity index (χ3n) is 2.97. The maximum absolute atomic E-state index is 9.62. The fraction of sp³-hybridized carbons (Fsp3) is 0.417. The maximum atomic E-state index is 9.62. The average Bonchev–Trinajstić information content (AvgIpc) is 2.18. The smallest absolute Gasteiger partial charge is 0.133 e. The molecule has 0 saturated heterocycles. The van der Waals surface area contributed by atoms with Gasteiger partial charge in [-0.2, -0.15) is 5.26 Å². The Balaban J connectivity index is 2.69. The Labute approximate surface area is 83.8 Å². The lowest BCUT2D eigenvalue weighted by molar-refractivity contribution is 0.470. The molecule has 0 fully saturated rings. The Morgan fingerprint density at radius 3 is 2.57 bits per heavy atom. The monoisotopic (exact) mass is 187 g/mol. The van der Waals surface area contributed by atoms with Gasteiger partial charge in [0.1, 0.15) is 11.8 Å². The molecule has 0 aromatic heterocycles. The Morgan fingerprint density at radius 1 is 1.29 bits per heavy atom. The van der Waals surface area contributed by atoms with E-state index in [1.807, 2.05) is 6.92 Å². The van der Waals surface area contributed by atoms with E-state index in [1.165, 1.54) is 12.0 Å². The van der Waals surface area contributed by atoms with Crippen molar-refractivity contribution in [2.45, 2.75) is 32.6 Å². The summed E-state index contributed by atoms with van der Waals surface area (Å²) >= 11 is 0. The van der Waals surface area contributed by atoms with Crippen LogP contribution in [-0.2, 0) is 12.8 Å². The van der Waals surface area contributed by atoms with Crippen LogP contribution in [0.15, 0.2) is 6.07 Å². The minimum atomic E-state index is 0.144. The molecule has 0 amide bonds. The van der Waals surface area contributed by atoms with Crippen LogP contribution < -0.4 is 0 Å². The van der Waals surface area contributed by atoms with E-state index in [2.05, 4.69) is 6.07 Å². The zero-order chi connectivity index (χ0) is 10.1. The molecule has 72 valence electrons. The number of fused-ring (bicyclic) bond motifs is 1. The molecule has 2 heteroatoms. The van der Waals surface area contributed by atoms with Crippen LogP contribution in [0.5, 0.6) is 5.75 Å². The number of aryl methyl sites for hydroxylation is 1. The van der Waals surface area contributed by atoms with E-state index in [0.29, 0.717) is 5.56 Å². The summed E-state index contributed by atoms with van der Waals surface area (Å²) in [6.07, 6.45) is 4.32. The molecule has 0 aliphatic heterocycles. The highest BCUT2D eigenvalue weighted by molar-refractivity contribution is 5.55. The third-order valence-corrected chi connectivity index (χ3v) is 2.97. The fourth-order valence-corrected chi connectivity index (χ4v) is 2.26. The predicted octanol–water partition coefficient (Wildman–Crippen LogP) is 2.45. The van der Waals surface area contributed by atoms with Crippen molar-refractivity contribution in [3.8, 4) is 11.8 Å². The first kappa shape index (κ1) is 9.08. The van der Waals surface area contributed by atoms with Crippen molar-refractivity contribution < 1.29 is 5.11 Å². The van der Waals surface area contributed by atoms with Gasteiger partial charge >= 0.3 is 0 Å². The van der Waals surface area contributed by atoms with Crippen molar-refractivity contribution in [2.75, 3.05) is 0 Å². The molecular weight excluding hydrogens is 174 g/mol. The highest BCUT2D eigenvalue weighted by atomic mass is 16.3. The lowest BCUT2D eigenvalue weighted by Crippen LogP contribution is -2.07. The molecule has 0 heterocycles. The van der Waals surface area contributed by atoms with Gasteiger partial charge in [0, 0.05) is 0 Å². The maximum Gasteiger partial charge on any atom is 0.133 e. The SMILES string of the molecule is Cc1cc(O)c(C#N)c2c1CCCC2. The van der Waals surface area contributed by atoms with Gasteiger partial charge in [-0.25, -0.2) is 0 Å². The van der Waals surface area contributed by atoms with Crippen molar-refractivity contribution in [2.24, 2.45) is 0 Å². The molecule has 14 heavy (non-hydrogen) atoms. The first-order valence-corrected chi connectivity index (χ1v) is 4.98. The minimum absolute atomic E-state index is 0.144. The highest BCUT2D eigenvalue weighted by Crippen LogP contribution is 2.32. The minimum Gasteiger partial charge on any atom is -0.507 e. The number of rotatable bonds is 0. The summed E-state index contributed by atoms with van der Waals surface area (Å²) in [6, 6.07) is 3.81. The van der Waals surface area contributed by atoms with Crippen LogP contribution in [0, 0.1) is 18.3 Å². The van der Waals surface area contributed by atoms with E-state index < -0.39 is 0 Å². The van der Waals surface area contributed by atoms with E-state index in [-0.39, 0.29) is 5.75 Å². The topological polar surface area (TPSA) is 44.0 Å². The lowest BCUT2D eigenvalue weighted by atomic mass is 9.85. The number of phenols is 1. The van der Waals surface area contributed by atoms with Crippen molar-refractivity contribution in [3.05, 3.63) is 28.3 Å². The van der Waals surface area contributed by atoms with E-state index in [0.717, 1.165) is 30.4 Å². The van der Waals surface area contributed by atoms with Crippen molar-refractivity contribution >= 4 is 0 Å². The van der Waals surface area contributed by atoms with Crippen LogP contribution in [0.3, 0.4) is 0 Å². The molecular formula is C12H13NO. The van der Waals surface area contributed by atoms with Crippen LogP contribution in [0.25, 0.3) is 0 Å². The zero-order valence-corrected chi connectivity index (χ0v) is 8.30. The predicted molar refractivity (Wildman–Crippen MR) is 54.2 cm³/mol. The molecule has 0 atom stereocenters. The van der Waals surface area contributed by atoms with Gasteiger partial charge in [-0.3, -0.25) is 0 Å². The van der Waals surface area contributed by atoms with Crippen LogP contribution in [0.4, 0.5) is 0 Å². The van der Waals surface area contributed by atoms with Crippen molar-refractivity contribution in [1.82, 2.24) is 0 Å². The average molecular weight is 187 g/mol. The van der Waals surface area contributed by atoms with Gasteiger partial charge < -0.3 is 5.11 Å². The molecule has 0 bridgehead atoms. The van der Waals surface area contributed by atoms with E-state index in [4.69, 9.17) is 5.26 Å². The van der Waals surface area contributed by atoms with Gasteiger partial charge in [-0.1, -0.05) is 0 Å². The summed E-state index contributed by atoms with van der Waals surface area (Å²) in [7, 11) is 0. The van der Waals surface area contributed by atoms with Crippen LogP contribution in [0.2, 0.25) is 0 Å². The summed E-state index contributed by atoms with van der Waals surface area (Å²) in [5.41, 5.74) is 3.98. The quantitative estimate of drug-likeness (QED) is 0.678. The highest BCUT2D eigenvalue weighted by Gasteiger charge is 2.18. The number of benzene rings is 1. The second-order valence-electron chi connectivity index (χ2n) is 3.86. The van der Waals surface area contributed by atoms with Gasteiger partial charge in [0.15, 0.2) is 0 Å². The van der Waals surface area contributed by atoms with Crippen LogP contribution >= 0.6 is 0 Å². The van der Waals surface area contributed by atoms with E-state index >= 15 is 0 Å². The summed E-state index contributed by atoms with van der Waals surface area (Å²) in [6.45, 7) is 2.00. The normalized spacial score (nSPS) is 14.6.